The molecule has 0 bridgehead atoms. The van der Waals surface area contributed by atoms with Crippen LogP contribution in [-0.4, -0.2) is 45.5 Å². The smallest absolute Gasteiger partial charge is 0.199 e. The second kappa shape index (κ2) is 12.2. The van der Waals surface area contributed by atoms with Gasteiger partial charge >= 0.3 is 0 Å². The summed E-state index contributed by atoms with van der Waals surface area (Å²) in [6, 6.07) is 29.8. The van der Waals surface area contributed by atoms with E-state index < -0.39 is 11.8 Å². The molecule has 4 aromatic heterocycles. The van der Waals surface area contributed by atoms with Gasteiger partial charge in [-0.3, -0.25) is 4.79 Å². The maximum Gasteiger partial charge on any atom is 0.199 e. The fourth-order valence-corrected chi connectivity index (χ4v) is 6.37. The summed E-state index contributed by atoms with van der Waals surface area (Å²) in [5, 5.41) is 15.6. The van der Waals surface area contributed by atoms with E-state index in [0.717, 1.165) is 22.2 Å². The van der Waals surface area contributed by atoms with Crippen LogP contribution in [0, 0.1) is 0 Å². The Kier molecular flexibility index (Phi) is 7.40. The van der Waals surface area contributed by atoms with E-state index in [4.69, 9.17) is 42.2 Å². The van der Waals surface area contributed by atoms with Gasteiger partial charge in [0, 0.05) is 24.5 Å². The van der Waals surface area contributed by atoms with Crippen LogP contribution in [0.4, 0.5) is 23.0 Å². The monoisotopic (exact) mass is 666 g/mol. The molecule has 2 atom stereocenters. The maximum absolute atomic E-state index is 15.4. The summed E-state index contributed by atoms with van der Waals surface area (Å²) in [5.74, 6) is -0.529. The number of imidazole rings is 2. The Morgan fingerprint density at radius 3 is 1.34 bits per heavy atom. The Bertz CT molecular complexity index is 2310. The second-order valence-corrected chi connectivity index (χ2v) is 11.9. The van der Waals surface area contributed by atoms with Crippen LogP contribution in [0.1, 0.15) is 23.0 Å². The molecule has 8 aromatic rings. The first kappa shape index (κ1) is 30.3. The number of hydrogen-bond acceptors (Lipinski definition) is 13. The number of benzene rings is 4. The van der Waals surface area contributed by atoms with Gasteiger partial charge in [-0.1, -0.05) is 48.5 Å². The van der Waals surface area contributed by atoms with Crippen LogP contribution in [0.3, 0.4) is 0 Å². The van der Waals surface area contributed by atoms with Gasteiger partial charge < -0.3 is 32.1 Å². The fourth-order valence-electron chi connectivity index (χ4n) is 6.37. The van der Waals surface area contributed by atoms with Crippen LogP contribution in [0.15, 0.2) is 106 Å². The van der Waals surface area contributed by atoms with Crippen molar-refractivity contribution in [3.63, 3.8) is 0 Å². The van der Waals surface area contributed by atoms with Gasteiger partial charge in [0.15, 0.2) is 40.5 Å². The van der Waals surface area contributed by atoms with Crippen molar-refractivity contribution in [1.82, 2.24) is 39.7 Å². The number of anilines is 4. The lowest BCUT2D eigenvalue weighted by Gasteiger charge is -2.26. The Hall–Kier alpha value is -7.03. The van der Waals surface area contributed by atoms with E-state index in [1.54, 1.807) is 24.3 Å². The molecule has 50 heavy (non-hydrogen) atoms. The minimum absolute atomic E-state index is 0.0813. The third kappa shape index (κ3) is 5.32. The van der Waals surface area contributed by atoms with E-state index in [1.165, 1.54) is 0 Å². The van der Waals surface area contributed by atoms with E-state index in [2.05, 4.69) is 20.6 Å². The van der Waals surface area contributed by atoms with E-state index >= 15 is 4.79 Å². The van der Waals surface area contributed by atoms with Gasteiger partial charge in [0.25, 0.3) is 0 Å². The summed E-state index contributed by atoms with van der Waals surface area (Å²) in [6.07, 6.45) is 0. The summed E-state index contributed by atoms with van der Waals surface area (Å²) in [4.78, 5) is 25.0. The lowest BCUT2D eigenvalue weighted by Crippen LogP contribution is -2.28. The molecule has 8 N–H and O–H groups in total. The first-order valence-corrected chi connectivity index (χ1v) is 15.7. The molecule has 0 amide bonds. The molecule has 4 heterocycles. The molecule has 0 radical (unpaired) electrons. The number of nitrogens with two attached hydrogens (primary N) is 4. The highest BCUT2D eigenvalue weighted by atomic mass is 16.6. The van der Waals surface area contributed by atoms with Crippen molar-refractivity contribution in [2.45, 2.75) is 24.9 Å². The third-order valence-corrected chi connectivity index (χ3v) is 8.86. The Balaban J connectivity index is 1.30. The topological polar surface area (TPSA) is 235 Å². The molecule has 4 aromatic carbocycles. The van der Waals surface area contributed by atoms with Crippen molar-refractivity contribution in [2.24, 2.45) is 0 Å². The van der Waals surface area contributed by atoms with E-state index in [9.17, 15) is 0 Å². The number of Topliss-reactive ketones (excluding diaryl/α,β-unsaturated/α-hetero) is 1. The van der Waals surface area contributed by atoms with Crippen LogP contribution in [0.2, 0.25) is 0 Å². The molecule has 0 fully saturated rings. The van der Waals surface area contributed by atoms with Gasteiger partial charge in [-0.05, 0) is 80.3 Å². The zero-order valence-electron chi connectivity index (χ0n) is 26.4. The minimum Gasteiger partial charge on any atom is -0.399 e. The number of carbonyl (C=O) groups excluding carboxylic acids is 1. The number of ketones is 1. The number of aromatic nitrogens is 8. The van der Waals surface area contributed by atoms with Crippen molar-refractivity contribution in [3.05, 3.63) is 108 Å². The van der Waals surface area contributed by atoms with Crippen molar-refractivity contribution in [1.29, 1.82) is 0 Å². The number of para-hydroxylation sites is 4. The molecule has 0 saturated heterocycles. The molecular formula is C35H30N12O3. The summed E-state index contributed by atoms with van der Waals surface area (Å²) >= 11 is 0. The van der Waals surface area contributed by atoms with Gasteiger partial charge in [-0.2, -0.15) is 0 Å². The zero-order valence-corrected chi connectivity index (χ0v) is 26.4. The number of rotatable bonds is 10. The van der Waals surface area contributed by atoms with Crippen LogP contribution in [0.25, 0.3) is 45.1 Å². The molecular weight excluding hydrogens is 636 g/mol. The third-order valence-electron chi connectivity index (χ3n) is 8.86. The number of fused-ring (bicyclic) bond motifs is 2. The van der Waals surface area contributed by atoms with Crippen molar-refractivity contribution < 1.29 is 14.1 Å². The predicted octanol–water partition coefficient (Wildman–Crippen LogP) is 4.65. The molecule has 15 heteroatoms. The molecule has 0 saturated carbocycles. The van der Waals surface area contributed by atoms with Crippen molar-refractivity contribution in [2.75, 3.05) is 22.9 Å². The van der Waals surface area contributed by atoms with Gasteiger partial charge in [0.1, 0.15) is 0 Å². The molecule has 2 unspecified atom stereocenters. The maximum atomic E-state index is 15.4. The lowest BCUT2D eigenvalue weighted by molar-refractivity contribution is -0.122. The largest absolute Gasteiger partial charge is 0.399 e. The summed E-state index contributed by atoms with van der Waals surface area (Å²) in [6.45, 7) is 0.349. The fraction of sp³-hybridized carbons (Fsp3) is 0.114. The number of hydrogen-bond donors (Lipinski definition) is 4. The number of nitrogen functional groups attached to an aromatic ring is 4. The van der Waals surface area contributed by atoms with Crippen LogP contribution in [-0.2, 0) is 17.9 Å². The summed E-state index contributed by atoms with van der Waals surface area (Å²) in [5.41, 5.74) is 30.7. The highest BCUT2D eigenvalue weighted by molar-refractivity contribution is 5.93. The summed E-state index contributed by atoms with van der Waals surface area (Å²) < 4.78 is 13.7. The average molecular weight is 667 g/mol. The van der Waals surface area contributed by atoms with Crippen molar-refractivity contribution in [3.8, 4) is 23.0 Å². The minimum atomic E-state index is -0.715. The normalized spacial score (nSPS) is 12.8. The SMILES string of the molecule is Nc1ccc(C(Cn2c(-c3nonc3N)nc3ccccc32)C(=O)C(Cn2c(-c3nonc3N)nc3ccccc32)c2ccc(N)cc2)cc1. The standard InChI is InChI=1S/C35H30N12O3/c36-21-13-9-19(10-14-21)23(17-46-27-7-3-1-5-25(27)40-34(46)29-32(38)44-49-42-29)31(48)24(20-11-15-22(37)16-12-20)18-47-28-8-4-2-6-26(28)41-35(47)30-33(39)45-50-43-30/h1-16,23-24H,17-18,36-37H2,(H2,38,44)(H2,39,45). The molecule has 0 aliphatic heterocycles. The first-order chi connectivity index (χ1) is 24.4. The van der Waals surface area contributed by atoms with Crippen LogP contribution < -0.4 is 22.9 Å². The molecule has 0 aliphatic rings. The second-order valence-electron chi connectivity index (χ2n) is 11.9. The Labute approximate surface area is 283 Å². The van der Waals surface area contributed by atoms with Crippen LogP contribution in [0.5, 0.6) is 0 Å². The molecule has 0 aliphatic carbocycles. The van der Waals surface area contributed by atoms with Gasteiger partial charge in [-0.25, -0.2) is 19.2 Å². The quantitative estimate of drug-likeness (QED) is 0.146. The van der Waals surface area contributed by atoms with Crippen LogP contribution >= 0.6 is 0 Å². The lowest BCUT2D eigenvalue weighted by atomic mass is 9.83. The van der Waals surface area contributed by atoms with Gasteiger partial charge in [-0.15, -0.1) is 0 Å². The highest BCUT2D eigenvalue weighted by Gasteiger charge is 2.34. The number of nitrogens with zero attached hydrogens (tertiary/aromatic N) is 8. The number of carbonyl (C=O) groups is 1. The molecule has 248 valence electrons. The van der Waals surface area contributed by atoms with E-state index in [-0.39, 0.29) is 41.9 Å². The van der Waals surface area contributed by atoms with E-state index in [0.29, 0.717) is 34.1 Å². The Morgan fingerprint density at radius 2 is 0.960 bits per heavy atom. The first-order valence-electron chi connectivity index (χ1n) is 15.7. The molecule has 15 nitrogen and oxygen atoms in total. The Morgan fingerprint density at radius 1 is 0.560 bits per heavy atom. The molecule has 0 spiro atoms. The van der Waals surface area contributed by atoms with Gasteiger partial charge in [0.2, 0.25) is 0 Å². The summed E-state index contributed by atoms with van der Waals surface area (Å²) in [7, 11) is 0. The zero-order chi connectivity index (χ0) is 34.4. The van der Waals surface area contributed by atoms with Crippen molar-refractivity contribution >= 4 is 50.9 Å². The average Bonchev–Trinajstić information content (AvgIpc) is 3.92. The predicted molar refractivity (Wildman–Crippen MR) is 187 cm³/mol. The highest BCUT2D eigenvalue weighted by Crippen LogP contribution is 2.36. The molecule has 8 rings (SSSR count). The van der Waals surface area contributed by atoms with Gasteiger partial charge in [0.05, 0.1) is 33.9 Å². The van der Waals surface area contributed by atoms with E-state index in [1.807, 2.05) is 81.9 Å².